The maximum atomic E-state index is 13.9. The van der Waals surface area contributed by atoms with E-state index in [4.69, 9.17) is 5.73 Å². The van der Waals surface area contributed by atoms with Crippen molar-refractivity contribution in [2.45, 2.75) is 19.4 Å². The molecule has 5 nitrogen and oxygen atoms in total. The van der Waals surface area contributed by atoms with E-state index in [2.05, 4.69) is 5.10 Å². The van der Waals surface area contributed by atoms with Gasteiger partial charge in [-0.05, 0) is 25.5 Å². The van der Waals surface area contributed by atoms with Gasteiger partial charge in [-0.2, -0.15) is 5.10 Å². The van der Waals surface area contributed by atoms with Crippen LogP contribution in [0.15, 0.2) is 24.3 Å². The number of hydrogen-bond acceptors (Lipinski definition) is 4. The number of aromatic nitrogens is 2. The van der Waals surface area contributed by atoms with Gasteiger partial charge in [0.05, 0.1) is 23.2 Å². The fraction of sp³-hybridized carbons (Fsp3) is 0.357. The zero-order valence-corrected chi connectivity index (χ0v) is 12.4. The van der Waals surface area contributed by atoms with Crippen LogP contribution >= 0.6 is 0 Å². The molecule has 112 valence electrons. The van der Waals surface area contributed by atoms with E-state index in [-0.39, 0.29) is 23.4 Å². The SMILES string of the molecule is Cc1ccc(F)c(-c2cc(N)n(C3CCS(=O)(=O)C3)n2)c1. The third-order valence-electron chi connectivity index (χ3n) is 3.72. The highest BCUT2D eigenvalue weighted by Crippen LogP contribution is 2.30. The van der Waals surface area contributed by atoms with Gasteiger partial charge in [-0.15, -0.1) is 0 Å². The van der Waals surface area contributed by atoms with E-state index < -0.39 is 9.84 Å². The average molecular weight is 309 g/mol. The summed E-state index contributed by atoms with van der Waals surface area (Å²) in [6, 6.07) is 6.09. The van der Waals surface area contributed by atoms with Crippen molar-refractivity contribution in [2.24, 2.45) is 0 Å². The minimum Gasteiger partial charge on any atom is -0.384 e. The normalized spacial score (nSPS) is 20.8. The molecule has 1 aromatic heterocycles. The zero-order valence-electron chi connectivity index (χ0n) is 11.6. The van der Waals surface area contributed by atoms with Crippen molar-refractivity contribution in [2.75, 3.05) is 17.2 Å². The molecule has 7 heteroatoms. The van der Waals surface area contributed by atoms with Crippen LogP contribution in [0.2, 0.25) is 0 Å². The van der Waals surface area contributed by atoms with E-state index in [9.17, 15) is 12.8 Å². The molecule has 2 N–H and O–H groups in total. The minimum atomic E-state index is -3.02. The Morgan fingerprint density at radius 1 is 1.38 bits per heavy atom. The van der Waals surface area contributed by atoms with Crippen LogP contribution in [0, 0.1) is 12.7 Å². The van der Waals surface area contributed by atoms with Crippen molar-refractivity contribution < 1.29 is 12.8 Å². The molecule has 1 aliphatic heterocycles. The second-order valence-electron chi connectivity index (χ2n) is 5.44. The molecule has 1 aliphatic rings. The molecule has 1 atom stereocenters. The molecule has 21 heavy (non-hydrogen) atoms. The van der Waals surface area contributed by atoms with E-state index in [1.807, 2.05) is 6.92 Å². The summed E-state index contributed by atoms with van der Waals surface area (Å²) in [6.45, 7) is 1.87. The first-order chi connectivity index (χ1) is 9.85. The Hall–Kier alpha value is -1.89. The molecular weight excluding hydrogens is 293 g/mol. The highest BCUT2D eigenvalue weighted by atomic mass is 32.2. The number of aryl methyl sites for hydroxylation is 1. The number of anilines is 1. The Morgan fingerprint density at radius 3 is 2.81 bits per heavy atom. The molecule has 1 unspecified atom stereocenters. The number of rotatable bonds is 2. The predicted molar refractivity (Wildman–Crippen MR) is 79.1 cm³/mol. The Bertz CT molecular complexity index is 799. The van der Waals surface area contributed by atoms with Crippen molar-refractivity contribution in [1.82, 2.24) is 9.78 Å². The minimum absolute atomic E-state index is 0.0363. The topological polar surface area (TPSA) is 78.0 Å². The molecule has 0 amide bonds. The maximum Gasteiger partial charge on any atom is 0.152 e. The molecular formula is C14H16FN3O2S. The van der Waals surface area contributed by atoms with E-state index in [0.29, 0.717) is 23.5 Å². The quantitative estimate of drug-likeness (QED) is 0.919. The van der Waals surface area contributed by atoms with E-state index in [1.165, 1.54) is 10.7 Å². The maximum absolute atomic E-state index is 13.9. The summed E-state index contributed by atoms with van der Waals surface area (Å²) in [5.41, 5.74) is 7.64. The van der Waals surface area contributed by atoms with Crippen molar-refractivity contribution in [3.8, 4) is 11.3 Å². The van der Waals surface area contributed by atoms with Crippen LogP contribution < -0.4 is 5.73 Å². The highest BCUT2D eigenvalue weighted by Gasteiger charge is 2.31. The van der Waals surface area contributed by atoms with Crippen LogP contribution in [-0.4, -0.2) is 29.7 Å². The Balaban J connectivity index is 2.00. The van der Waals surface area contributed by atoms with Gasteiger partial charge >= 0.3 is 0 Å². The summed E-state index contributed by atoms with van der Waals surface area (Å²) in [5.74, 6) is 0.164. The van der Waals surface area contributed by atoms with E-state index >= 15 is 0 Å². The van der Waals surface area contributed by atoms with Crippen molar-refractivity contribution in [3.63, 3.8) is 0 Å². The molecule has 1 saturated heterocycles. The second-order valence-corrected chi connectivity index (χ2v) is 7.67. The van der Waals surface area contributed by atoms with Crippen LogP contribution in [0.3, 0.4) is 0 Å². The summed E-state index contributed by atoms with van der Waals surface area (Å²) in [5, 5.41) is 4.32. The molecule has 3 rings (SSSR count). The lowest BCUT2D eigenvalue weighted by atomic mass is 10.1. The summed E-state index contributed by atoms with van der Waals surface area (Å²) in [6.07, 6.45) is 0.490. The fourth-order valence-electron chi connectivity index (χ4n) is 2.64. The molecule has 0 saturated carbocycles. The number of nitrogens with zero attached hydrogens (tertiary/aromatic N) is 2. The molecule has 1 aromatic carbocycles. The number of nitrogens with two attached hydrogens (primary N) is 1. The highest BCUT2D eigenvalue weighted by molar-refractivity contribution is 7.91. The Morgan fingerprint density at radius 2 is 2.14 bits per heavy atom. The first-order valence-electron chi connectivity index (χ1n) is 6.68. The predicted octanol–water partition coefficient (Wildman–Crippen LogP) is 1.94. The van der Waals surface area contributed by atoms with Crippen LogP contribution in [-0.2, 0) is 9.84 Å². The van der Waals surface area contributed by atoms with Crippen LogP contribution in [0.5, 0.6) is 0 Å². The lowest BCUT2D eigenvalue weighted by molar-refractivity contribution is 0.507. The molecule has 1 fully saturated rings. The third kappa shape index (κ3) is 2.65. The Kier molecular flexibility index (Phi) is 3.24. The standard InChI is InChI=1S/C14H16FN3O2S/c1-9-2-3-12(15)11(6-9)13-7-14(16)18(17-13)10-4-5-21(19,20)8-10/h2-3,6-7,10H,4-5,8,16H2,1H3. The Labute approximate surface area is 122 Å². The summed E-state index contributed by atoms with van der Waals surface area (Å²) in [4.78, 5) is 0. The van der Waals surface area contributed by atoms with Crippen molar-refractivity contribution >= 4 is 15.7 Å². The summed E-state index contributed by atoms with van der Waals surface area (Å²) in [7, 11) is -3.02. The molecule has 2 aromatic rings. The number of hydrogen-bond donors (Lipinski definition) is 1. The largest absolute Gasteiger partial charge is 0.384 e. The first-order valence-corrected chi connectivity index (χ1v) is 8.50. The van der Waals surface area contributed by atoms with Gasteiger partial charge in [0.2, 0.25) is 0 Å². The lowest BCUT2D eigenvalue weighted by Gasteiger charge is -2.10. The van der Waals surface area contributed by atoms with Gasteiger partial charge in [-0.1, -0.05) is 11.6 Å². The van der Waals surface area contributed by atoms with E-state index in [1.54, 1.807) is 18.2 Å². The number of sulfone groups is 1. The van der Waals surface area contributed by atoms with Gasteiger partial charge in [-0.3, -0.25) is 0 Å². The zero-order chi connectivity index (χ0) is 15.2. The van der Waals surface area contributed by atoms with Crippen LogP contribution in [0.1, 0.15) is 18.0 Å². The number of halogens is 1. The van der Waals surface area contributed by atoms with Crippen molar-refractivity contribution in [3.05, 3.63) is 35.6 Å². The van der Waals surface area contributed by atoms with Crippen LogP contribution in [0.4, 0.5) is 10.2 Å². The van der Waals surface area contributed by atoms with Gasteiger partial charge in [0.1, 0.15) is 11.6 Å². The average Bonchev–Trinajstić information content (AvgIpc) is 2.95. The lowest BCUT2D eigenvalue weighted by Crippen LogP contribution is -2.14. The molecule has 0 aliphatic carbocycles. The number of nitrogen functional groups attached to an aromatic ring is 1. The smallest absolute Gasteiger partial charge is 0.152 e. The summed E-state index contributed by atoms with van der Waals surface area (Å²) >= 11 is 0. The van der Waals surface area contributed by atoms with E-state index in [0.717, 1.165) is 5.56 Å². The van der Waals surface area contributed by atoms with Gasteiger partial charge in [0.15, 0.2) is 9.84 Å². The molecule has 0 radical (unpaired) electrons. The van der Waals surface area contributed by atoms with Crippen LogP contribution in [0.25, 0.3) is 11.3 Å². The molecule has 0 bridgehead atoms. The van der Waals surface area contributed by atoms with Crippen molar-refractivity contribution in [1.29, 1.82) is 0 Å². The monoisotopic (exact) mass is 309 g/mol. The fourth-order valence-corrected chi connectivity index (χ4v) is 4.33. The van der Waals surface area contributed by atoms with Gasteiger partial charge in [0, 0.05) is 11.6 Å². The van der Waals surface area contributed by atoms with Gasteiger partial charge in [0.25, 0.3) is 0 Å². The third-order valence-corrected chi connectivity index (χ3v) is 5.47. The van der Waals surface area contributed by atoms with Gasteiger partial charge < -0.3 is 5.73 Å². The molecule has 0 spiro atoms. The first kappa shape index (κ1) is 14.1. The number of benzene rings is 1. The molecule has 2 heterocycles. The second kappa shape index (κ2) is 4.84. The summed E-state index contributed by atoms with van der Waals surface area (Å²) < 4.78 is 38.5. The van der Waals surface area contributed by atoms with Gasteiger partial charge in [-0.25, -0.2) is 17.5 Å².